The molecule has 0 N–H and O–H groups in total. The fourth-order valence-corrected chi connectivity index (χ4v) is 4.34. The highest BCUT2D eigenvalue weighted by Gasteiger charge is 2.26. The lowest BCUT2D eigenvalue weighted by atomic mass is 9.84. The zero-order chi connectivity index (χ0) is 14.5. The van der Waals surface area contributed by atoms with Gasteiger partial charge < -0.3 is 0 Å². The van der Waals surface area contributed by atoms with Crippen molar-refractivity contribution in [3.05, 3.63) is 58.7 Å². The molecule has 0 bridgehead atoms. The van der Waals surface area contributed by atoms with Crippen molar-refractivity contribution < 1.29 is 4.21 Å². The number of benzene rings is 2. The van der Waals surface area contributed by atoms with E-state index in [1.54, 1.807) is 0 Å². The lowest BCUT2D eigenvalue weighted by molar-refractivity contribution is 0.587. The van der Waals surface area contributed by atoms with Crippen LogP contribution in [-0.4, -0.2) is 4.21 Å². The molecule has 2 aromatic rings. The van der Waals surface area contributed by atoms with Gasteiger partial charge >= 0.3 is 0 Å². The largest absolute Gasteiger partial charge is 0.249 e. The van der Waals surface area contributed by atoms with E-state index >= 15 is 0 Å². The molecule has 3 rings (SSSR count). The number of hydrogen-bond acceptors (Lipinski definition) is 1. The molecule has 1 heterocycles. The summed E-state index contributed by atoms with van der Waals surface area (Å²) in [7, 11) is -1.04. The predicted octanol–water partition coefficient (Wildman–Crippen LogP) is 4.36. The first kappa shape index (κ1) is 13.6. The Labute approximate surface area is 123 Å². The van der Waals surface area contributed by atoms with Gasteiger partial charge in [0.25, 0.3) is 0 Å². The minimum absolute atomic E-state index is 0.123. The molecule has 104 valence electrons. The second-order valence-corrected chi connectivity index (χ2v) is 7.97. The van der Waals surface area contributed by atoms with Gasteiger partial charge in [-0.25, -0.2) is 4.21 Å². The van der Waals surface area contributed by atoms with E-state index in [1.165, 1.54) is 16.7 Å². The Balaban J connectivity index is 2.21. The normalized spacial score (nSPS) is 17.5. The van der Waals surface area contributed by atoms with Gasteiger partial charge in [0.1, 0.15) is 0 Å². The van der Waals surface area contributed by atoms with Crippen LogP contribution in [0.15, 0.2) is 46.2 Å². The van der Waals surface area contributed by atoms with E-state index in [9.17, 15) is 4.21 Å². The van der Waals surface area contributed by atoms with Gasteiger partial charge in [0, 0.05) is 4.90 Å². The highest BCUT2D eigenvalue weighted by Crippen LogP contribution is 2.36. The van der Waals surface area contributed by atoms with Gasteiger partial charge in [0.2, 0.25) is 0 Å². The summed E-state index contributed by atoms with van der Waals surface area (Å²) in [5, 5.41) is 0. The lowest BCUT2D eigenvalue weighted by Crippen LogP contribution is -2.16. The standard InChI is InChI=1S/C18H20OS/c1-12-9-15(18(2,3)4)11-14-10-13-7-5-6-8-16(13)20(19)17(12)14/h5-9,11H,10H2,1-4H3. The molecule has 1 aliphatic rings. The smallest absolute Gasteiger partial charge is 0.0858 e. The summed E-state index contributed by atoms with van der Waals surface area (Å²) in [6, 6.07) is 12.5. The van der Waals surface area contributed by atoms with Gasteiger partial charge in [-0.2, -0.15) is 0 Å². The van der Waals surface area contributed by atoms with Crippen molar-refractivity contribution in [2.24, 2.45) is 0 Å². The molecular formula is C18H20OS. The minimum Gasteiger partial charge on any atom is -0.249 e. The first-order valence-corrected chi connectivity index (χ1v) is 8.16. The van der Waals surface area contributed by atoms with Gasteiger partial charge in [0.05, 0.1) is 15.7 Å². The Morgan fingerprint density at radius 3 is 2.45 bits per heavy atom. The molecule has 0 saturated carbocycles. The molecule has 0 radical (unpaired) electrons. The molecule has 0 aliphatic carbocycles. The van der Waals surface area contributed by atoms with Gasteiger partial charge in [-0.15, -0.1) is 0 Å². The summed E-state index contributed by atoms with van der Waals surface area (Å²) >= 11 is 0. The minimum atomic E-state index is -1.04. The van der Waals surface area contributed by atoms with Crippen molar-refractivity contribution in [1.29, 1.82) is 0 Å². The van der Waals surface area contributed by atoms with Crippen LogP contribution < -0.4 is 0 Å². The quantitative estimate of drug-likeness (QED) is 0.599. The number of fused-ring (bicyclic) bond motifs is 2. The summed E-state index contributed by atoms with van der Waals surface area (Å²) in [6.07, 6.45) is 0.891. The fraction of sp³-hybridized carbons (Fsp3) is 0.333. The van der Waals surface area contributed by atoms with E-state index in [-0.39, 0.29) is 5.41 Å². The molecular weight excluding hydrogens is 264 g/mol. The zero-order valence-corrected chi connectivity index (χ0v) is 13.3. The maximum atomic E-state index is 12.8. The Morgan fingerprint density at radius 2 is 1.75 bits per heavy atom. The third-order valence-electron chi connectivity index (χ3n) is 3.96. The second kappa shape index (κ2) is 4.56. The summed E-state index contributed by atoms with van der Waals surface area (Å²) in [4.78, 5) is 2.00. The average Bonchev–Trinajstić information content (AvgIpc) is 2.37. The molecule has 0 saturated heterocycles. The first-order chi connectivity index (χ1) is 9.38. The number of rotatable bonds is 0. The molecule has 2 heteroatoms. The summed E-state index contributed by atoms with van der Waals surface area (Å²) in [5.41, 5.74) is 5.03. The van der Waals surface area contributed by atoms with E-state index in [0.717, 1.165) is 21.8 Å². The molecule has 0 fully saturated rings. The van der Waals surface area contributed by atoms with Crippen LogP contribution in [0, 0.1) is 6.92 Å². The van der Waals surface area contributed by atoms with Gasteiger partial charge in [-0.3, -0.25) is 0 Å². The third kappa shape index (κ3) is 2.12. The topological polar surface area (TPSA) is 17.1 Å². The SMILES string of the molecule is Cc1cc(C(C)(C)C)cc2c1S(=O)c1ccccc1C2. The van der Waals surface area contributed by atoms with Crippen LogP contribution >= 0.6 is 0 Å². The lowest BCUT2D eigenvalue weighted by Gasteiger charge is -2.26. The monoisotopic (exact) mass is 284 g/mol. The van der Waals surface area contributed by atoms with Crippen LogP contribution in [0.3, 0.4) is 0 Å². The Morgan fingerprint density at radius 1 is 1.05 bits per heavy atom. The van der Waals surface area contributed by atoms with Crippen LogP contribution in [0.2, 0.25) is 0 Å². The molecule has 2 aromatic carbocycles. The number of aryl methyl sites for hydroxylation is 1. The van der Waals surface area contributed by atoms with Crippen molar-refractivity contribution in [1.82, 2.24) is 0 Å². The molecule has 20 heavy (non-hydrogen) atoms. The second-order valence-electron chi connectivity index (χ2n) is 6.58. The first-order valence-electron chi connectivity index (χ1n) is 7.01. The summed E-state index contributed by atoms with van der Waals surface area (Å²) in [6.45, 7) is 8.76. The van der Waals surface area contributed by atoms with Crippen molar-refractivity contribution in [2.75, 3.05) is 0 Å². The van der Waals surface area contributed by atoms with Gasteiger partial charge in [-0.05, 0) is 47.1 Å². The van der Waals surface area contributed by atoms with Gasteiger partial charge in [-0.1, -0.05) is 51.1 Å². The van der Waals surface area contributed by atoms with Crippen LogP contribution in [0.4, 0.5) is 0 Å². The van der Waals surface area contributed by atoms with Crippen LogP contribution in [0.5, 0.6) is 0 Å². The zero-order valence-electron chi connectivity index (χ0n) is 12.5. The van der Waals surface area contributed by atoms with Crippen LogP contribution in [-0.2, 0) is 22.6 Å². The maximum Gasteiger partial charge on any atom is 0.0858 e. The molecule has 1 unspecified atom stereocenters. The Hall–Kier alpha value is -1.41. The highest BCUT2D eigenvalue weighted by atomic mass is 32.2. The highest BCUT2D eigenvalue weighted by molar-refractivity contribution is 7.85. The van der Waals surface area contributed by atoms with E-state index in [1.807, 2.05) is 18.2 Å². The van der Waals surface area contributed by atoms with E-state index in [4.69, 9.17) is 0 Å². The molecule has 1 aliphatic heterocycles. The molecule has 1 nitrogen and oxygen atoms in total. The van der Waals surface area contributed by atoms with Crippen molar-refractivity contribution in [2.45, 2.75) is 49.3 Å². The van der Waals surface area contributed by atoms with Crippen molar-refractivity contribution >= 4 is 10.8 Å². The number of hydrogen-bond donors (Lipinski definition) is 0. The Kier molecular flexibility index (Phi) is 3.09. The maximum absolute atomic E-state index is 12.8. The third-order valence-corrected chi connectivity index (χ3v) is 5.71. The fourth-order valence-electron chi connectivity index (χ4n) is 2.82. The Bertz CT molecular complexity index is 708. The van der Waals surface area contributed by atoms with Crippen molar-refractivity contribution in [3.63, 3.8) is 0 Å². The van der Waals surface area contributed by atoms with E-state index in [2.05, 4.69) is 45.9 Å². The van der Waals surface area contributed by atoms with Crippen molar-refractivity contribution in [3.8, 4) is 0 Å². The molecule has 1 atom stereocenters. The van der Waals surface area contributed by atoms with Gasteiger partial charge in [0.15, 0.2) is 0 Å². The van der Waals surface area contributed by atoms with E-state index < -0.39 is 10.8 Å². The molecule has 0 aromatic heterocycles. The van der Waals surface area contributed by atoms with Crippen LogP contribution in [0.25, 0.3) is 0 Å². The summed E-state index contributed by atoms with van der Waals surface area (Å²) < 4.78 is 12.8. The molecule has 0 amide bonds. The predicted molar refractivity (Wildman–Crippen MR) is 83.8 cm³/mol. The van der Waals surface area contributed by atoms with E-state index in [0.29, 0.717) is 0 Å². The average molecular weight is 284 g/mol. The molecule has 0 spiro atoms. The van der Waals surface area contributed by atoms with Crippen LogP contribution in [0.1, 0.15) is 43.0 Å². The summed E-state index contributed by atoms with van der Waals surface area (Å²) in [5.74, 6) is 0.